The molecule has 0 aromatic rings. The number of rotatable bonds is 1. The van der Waals surface area contributed by atoms with E-state index < -0.39 is 15.4 Å². The smallest absolute Gasteiger partial charge is 0.315 e. The summed E-state index contributed by atoms with van der Waals surface area (Å²) in [6, 6.07) is 0. The standard InChI is InChI=1S/CH3ClN2O4S/c2-9(6,7)8-1(5)4-3/h3H2,(H,4,5). The number of carbonyl (C=O) groups is 1. The van der Waals surface area contributed by atoms with Gasteiger partial charge >= 0.3 is 15.4 Å². The van der Waals surface area contributed by atoms with Crippen LogP contribution in [0.4, 0.5) is 4.79 Å². The van der Waals surface area contributed by atoms with Gasteiger partial charge in [-0.1, -0.05) is 0 Å². The average molecular weight is 175 g/mol. The summed E-state index contributed by atoms with van der Waals surface area (Å²) in [5.41, 5.74) is 1.40. The number of hydrazine groups is 1. The Bertz CT molecular complexity index is 197. The van der Waals surface area contributed by atoms with Crippen molar-refractivity contribution in [3.63, 3.8) is 0 Å². The van der Waals surface area contributed by atoms with Gasteiger partial charge in [-0.3, -0.25) is 5.43 Å². The van der Waals surface area contributed by atoms with Gasteiger partial charge in [0.2, 0.25) is 0 Å². The van der Waals surface area contributed by atoms with E-state index in [-0.39, 0.29) is 0 Å². The molecule has 0 rings (SSSR count). The predicted octanol–water partition coefficient (Wildman–Crippen LogP) is -0.930. The summed E-state index contributed by atoms with van der Waals surface area (Å²) in [6.45, 7) is 0. The minimum absolute atomic E-state index is 1.33. The Hall–Kier alpha value is -0.530. The van der Waals surface area contributed by atoms with Crippen LogP contribution in [-0.2, 0) is 13.5 Å². The molecule has 54 valence electrons. The van der Waals surface area contributed by atoms with E-state index in [0.29, 0.717) is 0 Å². The number of carbonyl (C=O) groups excluding carboxylic acids is 1. The molecule has 0 bridgehead atoms. The van der Waals surface area contributed by atoms with Gasteiger partial charge in [0.05, 0.1) is 10.7 Å². The summed E-state index contributed by atoms with van der Waals surface area (Å²) in [5, 5.41) is 0. The van der Waals surface area contributed by atoms with E-state index >= 15 is 0 Å². The van der Waals surface area contributed by atoms with Gasteiger partial charge in [0, 0.05) is 0 Å². The van der Waals surface area contributed by atoms with Crippen molar-refractivity contribution in [2.45, 2.75) is 0 Å². The van der Waals surface area contributed by atoms with Gasteiger partial charge in [-0.05, 0) is 0 Å². The first-order valence-electron chi connectivity index (χ1n) is 1.60. The lowest BCUT2D eigenvalue weighted by molar-refractivity contribution is 0.204. The predicted molar refractivity (Wildman–Crippen MR) is 28.6 cm³/mol. The highest BCUT2D eigenvalue weighted by Gasteiger charge is 2.10. The minimum Gasteiger partial charge on any atom is -0.315 e. The number of nitrogens with one attached hydrogen (secondary N) is 1. The van der Waals surface area contributed by atoms with Crippen molar-refractivity contribution in [1.29, 1.82) is 0 Å². The first kappa shape index (κ1) is 8.47. The van der Waals surface area contributed by atoms with Gasteiger partial charge in [-0.15, -0.1) is 0 Å². The zero-order valence-corrected chi connectivity index (χ0v) is 5.57. The monoisotopic (exact) mass is 174 g/mol. The molecule has 1 amide bonds. The second-order valence-electron chi connectivity index (χ2n) is 0.908. The Morgan fingerprint density at radius 1 is 1.67 bits per heavy atom. The summed E-state index contributed by atoms with van der Waals surface area (Å²) in [7, 11) is 0.185. The van der Waals surface area contributed by atoms with Crippen molar-refractivity contribution in [3.05, 3.63) is 0 Å². The van der Waals surface area contributed by atoms with Gasteiger partial charge < -0.3 is 4.18 Å². The molecule has 0 spiro atoms. The van der Waals surface area contributed by atoms with E-state index in [1.165, 1.54) is 5.43 Å². The van der Waals surface area contributed by atoms with Crippen LogP contribution in [0.2, 0.25) is 0 Å². The molecule has 0 aliphatic rings. The van der Waals surface area contributed by atoms with E-state index in [9.17, 15) is 13.2 Å². The minimum atomic E-state index is -4.26. The van der Waals surface area contributed by atoms with Crippen LogP contribution in [0.3, 0.4) is 0 Å². The van der Waals surface area contributed by atoms with E-state index in [4.69, 9.17) is 0 Å². The van der Waals surface area contributed by atoms with E-state index in [2.05, 4.69) is 20.7 Å². The van der Waals surface area contributed by atoms with Crippen LogP contribution >= 0.6 is 10.7 Å². The number of hydrogen-bond donors (Lipinski definition) is 2. The van der Waals surface area contributed by atoms with Crippen LogP contribution in [0.15, 0.2) is 0 Å². The number of amides is 1. The first-order chi connectivity index (χ1) is 3.95. The second kappa shape index (κ2) is 2.85. The summed E-state index contributed by atoms with van der Waals surface area (Å²) in [4.78, 5) is 9.91. The van der Waals surface area contributed by atoms with Crippen molar-refractivity contribution in [2.24, 2.45) is 5.84 Å². The van der Waals surface area contributed by atoms with Crippen LogP contribution in [0, 0.1) is 0 Å². The maximum atomic E-state index is 9.91. The SMILES string of the molecule is NNC(=O)OS(=O)(=O)Cl. The third kappa shape index (κ3) is 5.34. The van der Waals surface area contributed by atoms with Crippen LogP contribution < -0.4 is 11.3 Å². The molecular weight excluding hydrogens is 172 g/mol. The molecule has 6 nitrogen and oxygen atoms in total. The van der Waals surface area contributed by atoms with Crippen LogP contribution in [-0.4, -0.2) is 14.5 Å². The molecule has 0 aliphatic carbocycles. The second-order valence-corrected chi connectivity index (χ2v) is 3.00. The Morgan fingerprint density at radius 3 is 2.22 bits per heavy atom. The van der Waals surface area contributed by atoms with Crippen LogP contribution in [0.5, 0.6) is 0 Å². The summed E-state index contributed by atoms with van der Waals surface area (Å²) < 4.78 is 23.1. The molecule has 9 heavy (non-hydrogen) atoms. The van der Waals surface area contributed by atoms with Gasteiger partial charge in [-0.2, -0.15) is 8.42 Å². The maximum absolute atomic E-state index is 9.91. The molecular formula is CH3ClN2O4S. The highest BCUT2D eigenvalue weighted by atomic mass is 35.7. The molecule has 8 heteroatoms. The van der Waals surface area contributed by atoms with Crippen molar-refractivity contribution in [2.75, 3.05) is 0 Å². The average Bonchev–Trinajstić information content (AvgIpc) is 1.62. The fourth-order valence-corrected chi connectivity index (χ4v) is 0.515. The number of halogens is 1. The van der Waals surface area contributed by atoms with Crippen molar-refractivity contribution in [1.82, 2.24) is 5.43 Å². The molecule has 0 aromatic carbocycles. The van der Waals surface area contributed by atoms with E-state index in [1.54, 1.807) is 0 Å². The Morgan fingerprint density at radius 2 is 2.11 bits per heavy atom. The van der Waals surface area contributed by atoms with E-state index in [0.717, 1.165) is 0 Å². The molecule has 0 aromatic heterocycles. The Kier molecular flexibility index (Phi) is 2.68. The Balaban J connectivity index is 3.91. The van der Waals surface area contributed by atoms with Crippen LogP contribution in [0.25, 0.3) is 0 Å². The summed E-state index contributed by atoms with van der Waals surface area (Å²) in [5.74, 6) is 4.43. The van der Waals surface area contributed by atoms with Gasteiger partial charge in [0.25, 0.3) is 0 Å². The molecule has 0 aliphatic heterocycles. The zero-order chi connectivity index (χ0) is 7.49. The third-order valence-electron chi connectivity index (χ3n) is 0.293. The highest BCUT2D eigenvalue weighted by molar-refractivity contribution is 8.10. The molecule has 0 atom stereocenters. The maximum Gasteiger partial charge on any atom is 0.437 e. The lowest BCUT2D eigenvalue weighted by atomic mass is 11.3. The van der Waals surface area contributed by atoms with Crippen molar-refractivity contribution >= 4 is 26.1 Å². The largest absolute Gasteiger partial charge is 0.437 e. The summed E-state index contributed by atoms with van der Waals surface area (Å²) >= 11 is 0. The zero-order valence-electron chi connectivity index (χ0n) is 4.00. The molecule has 0 saturated carbocycles. The topological polar surface area (TPSA) is 98.5 Å². The summed E-state index contributed by atoms with van der Waals surface area (Å²) in [6.07, 6.45) is -1.33. The Labute approximate surface area is 55.5 Å². The highest BCUT2D eigenvalue weighted by Crippen LogP contribution is 1.96. The van der Waals surface area contributed by atoms with Gasteiger partial charge in [-0.25, -0.2) is 10.6 Å². The fourth-order valence-electron chi connectivity index (χ4n) is 0.114. The molecule has 0 saturated heterocycles. The lowest BCUT2D eigenvalue weighted by Gasteiger charge is -1.94. The van der Waals surface area contributed by atoms with Crippen molar-refractivity contribution in [3.8, 4) is 0 Å². The van der Waals surface area contributed by atoms with Crippen LogP contribution in [0.1, 0.15) is 0 Å². The molecule has 0 heterocycles. The normalized spacial score (nSPS) is 10.4. The molecule has 0 unspecified atom stereocenters. The number of hydrogen-bond acceptors (Lipinski definition) is 5. The molecule has 3 N–H and O–H groups in total. The lowest BCUT2D eigenvalue weighted by Crippen LogP contribution is -2.31. The van der Waals surface area contributed by atoms with Gasteiger partial charge in [0.1, 0.15) is 0 Å². The molecule has 0 radical (unpaired) electrons. The van der Waals surface area contributed by atoms with E-state index in [1.807, 2.05) is 0 Å². The van der Waals surface area contributed by atoms with Gasteiger partial charge in [0.15, 0.2) is 0 Å². The quantitative estimate of drug-likeness (QED) is 0.232. The third-order valence-corrected chi connectivity index (χ3v) is 0.833. The molecule has 0 fully saturated rings. The first-order valence-corrected chi connectivity index (χ1v) is 3.84. The fraction of sp³-hybridized carbons (Fsp3) is 0. The number of nitrogens with two attached hydrogens (primary N) is 1. The van der Waals surface area contributed by atoms with Crippen molar-refractivity contribution < 1.29 is 17.4 Å².